The average Bonchev–Trinajstić information content (AvgIpc) is 3.21. The van der Waals surface area contributed by atoms with E-state index in [-0.39, 0.29) is 13.2 Å². The first-order valence-electron chi connectivity index (χ1n) is 10.7. The Bertz CT molecular complexity index is 1030. The fourth-order valence-corrected chi connectivity index (χ4v) is 3.52. The molecule has 0 radical (unpaired) electrons. The molecule has 0 fully saturated rings. The SMILES string of the molecule is CCc1cc(-c2noc(-c3cc(C)nc(CC(C)C)c3)n2)cc(C)c1OCC(O)CO. The van der Waals surface area contributed by atoms with Gasteiger partial charge in [-0.15, -0.1) is 0 Å². The molecule has 2 heterocycles. The third kappa shape index (κ3) is 5.68. The Labute approximate surface area is 183 Å². The van der Waals surface area contributed by atoms with E-state index in [2.05, 4.69) is 29.0 Å². The molecule has 0 aliphatic rings. The standard InChI is InChI=1S/C24H31N3O4/c1-6-17-10-18(8-15(4)22(17)30-13-21(29)12-28)23-26-24(31-27-23)19-9-16(5)25-20(11-19)7-14(2)3/h8-11,14,21,28-29H,6-7,12-13H2,1-5H3. The topological polar surface area (TPSA) is 102 Å². The lowest BCUT2D eigenvalue weighted by molar-refractivity contribution is 0.0531. The highest BCUT2D eigenvalue weighted by molar-refractivity contribution is 5.64. The number of benzene rings is 1. The lowest BCUT2D eigenvalue weighted by Crippen LogP contribution is -2.22. The average molecular weight is 426 g/mol. The predicted molar refractivity (Wildman–Crippen MR) is 119 cm³/mol. The molecule has 166 valence electrons. The van der Waals surface area contributed by atoms with Gasteiger partial charge in [-0.25, -0.2) is 0 Å². The Balaban J connectivity index is 1.90. The molecule has 0 aliphatic heterocycles. The van der Waals surface area contributed by atoms with Gasteiger partial charge in [0.25, 0.3) is 5.89 Å². The maximum Gasteiger partial charge on any atom is 0.258 e. The van der Waals surface area contributed by atoms with Crippen LogP contribution >= 0.6 is 0 Å². The first-order valence-corrected chi connectivity index (χ1v) is 10.7. The van der Waals surface area contributed by atoms with Crippen molar-refractivity contribution < 1.29 is 19.5 Å². The zero-order chi connectivity index (χ0) is 22.5. The number of hydrogen-bond acceptors (Lipinski definition) is 7. The van der Waals surface area contributed by atoms with Gasteiger partial charge in [0, 0.05) is 22.5 Å². The van der Waals surface area contributed by atoms with Gasteiger partial charge in [0.2, 0.25) is 5.82 Å². The molecule has 1 aromatic carbocycles. The fourth-order valence-electron chi connectivity index (χ4n) is 3.52. The predicted octanol–water partition coefficient (Wildman–Crippen LogP) is 3.91. The highest BCUT2D eigenvalue weighted by Gasteiger charge is 2.17. The van der Waals surface area contributed by atoms with Crippen molar-refractivity contribution >= 4 is 0 Å². The molecule has 0 amide bonds. The minimum absolute atomic E-state index is 0.0378. The summed E-state index contributed by atoms with van der Waals surface area (Å²) in [5.74, 6) is 2.20. The van der Waals surface area contributed by atoms with Crippen molar-refractivity contribution in [3.8, 4) is 28.6 Å². The molecule has 0 spiro atoms. The van der Waals surface area contributed by atoms with Crippen LogP contribution in [0.2, 0.25) is 0 Å². The Morgan fingerprint density at radius 3 is 2.52 bits per heavy atom. The van der Waals surface area contributed by atoms with E-state index < -0.39 is 6.10 Å². The van der Waals surface area contributed by atoms with E-state index in [1.165, 1.54) is 0 Å². The van der Waals surface area contributed by atoms with Gasteiger partial charge >= 0.3 is 0 Å². The minimum atomic E-state index is -0.909. The van der Waals surface area contributed by atoms with Gasteiger partial charge in [0.05, 0.1) is 6.61 Å². The van der Waals surface area contributed by atoms with Crippen LogP contribution in [-0.2, 0) is 12.8 Å². The molecule has 0 saturated carbocycles. The summed E-state index contributed by atoms with van der Waals surface area (Å²) >= 11 is 0. The number of aliphatic hydroxyl groups is 2. The summed E-state index contributed by atoms with van der Waals surface area (Å²) in [7, 11) is 0. The lowest BCUT2D eigenvalue weighted by atomic mass is 10.0. The molecule has 7 heteroatoms. The summed E-state index contributed by atoms with van der Waals surface area (Å²) in [6.07, 6.45) is 0.723. The van der Waals surface area contributed by atoms with Crippen molar-refractivity contribution in [2.24, 2.45) is 5.92 Å². The maximum atomic E-state index is 9.59. The van der Waals surface area contributed by atoms with Gasteiger partial charge < -0.3 is 19.5 Å². The monoisotopic (exact) mass is 425 g/mol. The molecule has 31 heavy (non-hydrogen) atoms. The van der Waals surface area contributed by atoms with Crippen LogP contribution in [0.3, 0.4) is 0 Å². The second-order valence-electron chi connectivity index (χ2n) is 8.29. The van der Waals surface area contributed by atoms with Crippen LogP contribution in [0.4, 0.5) is 0 Å². The zero-order valence-corrected chi connectivity index (χ0v) is 18.8. The summed E-state index contributed by atoms with van der Waals surface area (Å²) < 4.78 is 11.3. The van der Waals surface area contributed by atoms with Gasteiger partial charge in [-0.1, -0.05) is 25.9 Å². The van der Waals surface area contributed by atoms with Crippen LogP contribution in [0.1, 0.15) is 43.3 Å². The number of aromatic nitrogens is 3. The Hall–Kier alpha value is -2.77. The van der Waals surface area contributed by atoms with Crippen LogP contribution < -0.4 is 4.74 Å². The summed E-state index contributed by atoms with van der Waals surface area (Å²) in [5, 5.41) is 22.8. The number of aryl methyl sites for hydroxylation is 3. The largest absolute Gasteiger partial charge is 0.490 e. The second kappa shape index (κ2) is 10.0. The minimum Gasteiger partial charge on any atom is -0.490 e. The Morgan fingerprint density at radius 1 is 1.06 bits per heavy atom. The number of pyridine rings is 1. The fraction of sp³-hybridized carbons (Fsp3) is 0.458. The highest BCUT2D eigenvalue weighted by Crippen LogP contribution is 2.31. The Morgan fingerprint density at radius 2 is 1.84 bits per heavy atom. The summed E-state index contributed by atoms with van der Waals surface area (Å²) in [6, 6.07) is 7.88. The van der Waals surface area contributed by atoms with E-state index in [0.29, 0.717) is 23.4 Å². The Kier molecular flexibility index (Phi) is 7.41. The van der Waals surface area contributed by atoms with E-state index in [9.17, 15) is 5.11 Å². The quantitative estimate of drug-likeness (QED) is 0.536. The lowest BCUT2D eigenvalue weighted by Gasteiger charge is -2.16. The van der Waals surface area contributed by atoms with Gasteiger partial charge in [-0.05, 0) is 68.0 Å². The number of aliphatic hydroxyl groups excluding tert-OH is 2. The number of hydrogen-bond donors (Lipinski definition) is 2. The van der Waals surface area contributed by atoms with Gasteiger partial charge in [-0.3, -0.25) is 4.98 Å². The first kappa shape index (κ1) is 22.9. The van der Waals surface area contributed by atoms with Crippen LogP contribution in [0.25, 0.3) is 22.8 Å². The van der Waals surface area contributed by atoms with E-state index in [0.717, 1.165) is 46.5 Å². The van der Waals surface area contributed by atoms with Crippen LogP contribution in [-0.4, -0.2) is 44.7 Å². The van der Waals surface area contributed by atoms with Crippen molar-refractivity contribution in [1.29, 1.82) is 0 Å². The molecule has 2 aromatic heterocycles. The smallest absolute Gasteiger partial charge is 0.258 e. The number of ether oxygens (including phenoxy) is 1. The van der Waals surface area contributed by atoms with Crippen molar-refractivity contribution in [1.82, 2.24) is 15.1 Å². The third-order valence-electron chi connectivity index (χ3n) is 4.92. The van der Waals surface area contributed by atoms with Crippen LogP contribution in [0.15, 0.2) is 28.8 Å². The van der Waals surface area contributed by atoms with Crippen molar-refractivity contribution in [3.63, 3.8) is 0 Å². The molecule has 0 bridgehead atoms. The van der Waals surface area contributed by atoms with Gasteiger partial charge in [0.1, 0.15) is 18.5 Å². The zero-order valence-electron chi connectivity index (χ0n) is 18.8. The maximum absolute atomic E-state index is 9.59. The molecule has 3 aromatic rings. The van der Waals surface area contributed by atoms with Crippen molar-refractivity contribution in [3.05, 3.63) is 46.8 Å². The van der Waals surface area contributed by atoms with E-state index in [1.807, 2.05) is 45.0 Å². The number of rotatable bonds is 9. The van der Waals surface area contributed by atoms with Crippen molar-refractivity contribution in [2.75, 3.05) is 13.2 Å². The van der Waals surface area contributed by atoms with E-state index in [4.69, 9.17) is 14.4 Å². The molecule has 0 aliphatic carbocycles. The van der Waals surface area contributed by atoms with Gasteiger partial charge in [-0.2, -0.15) is 4.98 Å². The second-order valence-corrected chi connectivity index (χ2v) is 8.29. The molecule has 1 atom stereocenters. The normalized spacial score (nSPS) is 12.4. The third-order valence-corrected chi connectivity index (χ3v) is 4.92. The molecule has 0 saturated heterocycles. The summed E-state index contributed by atoms with van der Waals surface area (Å²) in [4.78, 5) is 9.23. The molecular weight excluding hydrogens is 394 g/mol. The molecular formula is C24H31N3O4. The molecule has 3 rings (SSSR count). The molecule has 7 nitrogen and oxygen atoms in total. The number of nitrogens with zero attached hydrogens (tertiary/aromatic N) is 3. The van der Waals surface area contributed by atoms with E-state index in [1.54, 1.807) is 0 Å². The summed E-state index contributed by atoms with van der Waals surface area (Å²) in [6.45, 7) is 9.97. The van der Waals surface area contributed by atoms with Crippen molar-refractivity contribution in [2.45, 2.75) is 53.6 Å². The first-order chi connectivity index (χ1) is 14.8. The molecule has 2 N–H and O–H groups in total. The highest BCUT2D eigenvalue weighted by atomic mass is 16.5. The van der Waals surface area contributed by atoms with E-state index >= 15 is 0 Å². The molecule has 1 unspecified atom stereocenters. The van der Waals surface area contributed by atoms with Gasteiger partial charge in [0.15, 0.2) is 0 Å². The van der Waals surface area contributed by atoms with Crippen LogP contribution in [0, 0.1) is 19.8 Å². The van der Waals surface area contributed by atoms with Crippen LogP contribution in [0.5, 0.6) is 5.75 Å². The summed E-state index contributed by atoms with van der Waals surface area (Å²) in [5.41, 5.74) is 5.53.